The topological polar surface area (TPSA) is 110 Å². The number of alkyl halides is 3. The van der Waals surface area contributed by atoms with Crippen molar-refractivity contribution < 1.29 is 51.2 Å². The maximum Gasteiger partial charge on any atom is 0.468 e. The molecule has 0 bridgehead atoms. The summed E-state index contributed by atoms with van der Waals surface area (Å²) >= 11 is 0. The molecule has 1 saturated heterocycles. The lowest BCUT2D eigenvalue weighted by molar-refractivity contribution is -0.287. The maximum atomic E-state index is 13.6. The number of hydrogen-bond donors (Lipinski definition) is 0. The molecular formula is C20H22F3NO8. The van der Waals surface area contributed by atoms with Crippen molar-refractivity contribution in [2.75, 3.05) is 0 Å². The zero-order valence-corrected chi connectivity index (χ0v) is 17.6. The van der Waals surface area contributed by atoms with Gasteiger partial charge in [0.1, 0.15) is 0 Å². The fourth-order valence-electron chi connectivity index (χ4n) is 2.95. The number of ether oxygens (including phenoxy) is 5. The van der Waals surface area contributed by atoms with Crippen LogP contribution in [-0.2, 0) is 38.1 Å². The molecule has 2 rings (SSSR count). The van der Waals surface area contributed by atoms with Crippen molar-refractivity contribution in [3.05, 3.63) is 30.3 Å². The first kappa shape index (κ1) is 25.1. The second kappa shape index (κ2) is 10.4. The van der Waals surface area contributed by atoms with E-state index in [4.69, 9.17) is 23.7 Å². The zero-order valence-electron chi connectivity index (χ0n) is 17.6. The molecule has 0 N–H and O–H groups in total. The fourth-order valence-corrected chi connectivity index (χ4v) is 2.95. The number of carbonyl (C=O) groups excluding carboxylic acids is 3. The number of esters is 3. The molecule has 1 aliphatic rings. The van der Waals surface area contributed by atoms with Gasteiger partial charge in [0, 0.05) is 20.8 Å². The zero-order chi connectivity index (χ0) is 24.1. The fraction of sp³-hybridized carbons (Fsp3) is 0.500. The van der Waals surface area contributed by atoms with Gasteiger partial charge in [-0.15, -0.1) is 0 Å². The summed E-state index contributed by atoms with van der Waals surface area (Å²) in [5.41, 5.74) is -0.0537. The van der Waals surface area contributed by atoms with E-state index < -0.39 is 60.7 Å². The van der Waals surface area contributed by atoms with Gasteiger partial charge in [-0.25, -0.2) is 4.99 Å². The highest BCUT2D eigenvalue weighted by molar-refractivity contribution is 5.84. The highest BCUT2D eigenvalue weighted by Crippen LogP contribution is 2.32. The number of hydrogen-bond acceptors (Lipinski definition) is 9. The Hall–Kier alpha value is -3.15. The van der Waals surface area contributed by atoms with Gasteiger partial charge in [-0.2, -0.15) is 13.2 Å². The molecule has 0 spiro atoms. The minimum Gasteiger partial charge on any atom is -0.456 e. The van der Waals surface area contributed by atoms with E-state index in [0.29, 0.717) is 0 Å². The van der Waals surface area contributed by atoms with E-state index in [2.05, 4.69) is 4.99 Å². The number of carbonyl (C=O) groups is 3. The number of aliphatic imine (C=N–C) groups is 1. The predicted molar refractivity (Wildman–Crippen MR) is 102 cm³/mol. The van der Waals surface area contributed by atoms with E-state index in [9.17, 15) is 27.6 Å². The normalized spacial score (nSPS) is 26.1. The third kappa shape index (κ3) is 6.94. The third-order valence-corrected chi connectivity index (χ3v) is 4.09. The van der Waals surface area contributed by atoms with E-state index in [0.717, 1.165) is 20.8 Å². The molecule has 1 aromatic rings. The number of nitrogens with zero attached hydrogens (tertiary/aromatic N) is 1. The Kier molecular flexibility index (Phi) is 8.19. The summed E-state index contributed by atoms with van der Waals surface area (Å²) in [6.07, 6.45) is -12.5. The lowest BCUT2D eigenvalue weighted by Crippen LogP contribution is -2.61. The van der Waals surface area contributed by atoms with Gasteiger partial charge in [0.2, 0.25) is 12.4 Å². The number of para-hydroxylation sites is 1. The standard InChI is InChI=1S/C20H22F3NO8/c1-10-15(29-11(2)25)16(30-12(3)26)17(31-13(4)27)18(28-10)32-19(20(21,22)23)24-14-8-6-5-7-9-14/h5-10,15-18H,1-4H3/t10-,15-,16+,17+,18?/m0/s1. The monoisotopic (exact) mass is 461 g/mol. The van der Waals surface area contributed by atoms with Crippen molar-refractivity contribution in [3.8, 4) is 0 Å². The summed E-state index contributed by atoms with van der Waals surface area (Å²) in [6, 6.07) is 7.19. The van der Waals surface area contributed by atoms with Gasteiger partial charge >= 0.3 is 24.1 Å². The number of halogens is 3. The molecule has 0 radical (unpaired) electrons. The van der Waals surface area contributed by atoms with Crippen molar-refractivity contribution in [2.24, 2.45) is 4.99 Å². The molecule has 176 valence electrons. The van der Waals surface area contributed by atoms with Crippen LogP contribution < -0.4 is 0 Å². The third-order valence-electron chi connectivity index (χ3n) is 4.09. The highest BCUT2D eigenvalue weighted by Gasteiger charge is 2.53. The molecule has 1 fully saturated rings. The van der Waals surface area contributed by atoms with Gasteiger partial charge in [-0.05, 0) is 19.1 Å². The van der Waals surface area contributed by atoms with E-state index in [1.54, 1.807) is 6.07 Å². The largest absolute Gasteiger partial charge is 0.468 e. The minimum atomic E-state index is -5.03. The van der Waals surface area contributed by atoms with Crippen molar-refractivity contribution >= 4 is 29.5 Å². The van der Waals surface area contributed by atoms with Gasteiger partial charge in [-0.1, -0.05) is 18.2 Å². The first-order valence-electron chi connectivity index (χ1n) is 9.43. The quantitative estimate of drug-likeness (QED) is 0.285. The maximum absolute atomic E-state index is 13.6. The van der Waals surface area contributed by atoms with Crippen molar-refractivity contribution in [1.82, 2.24) is 0 Å². The minimum absolute atomic E-state index is 0.0537. The van der Waals surface area contributed by atoms with Crippen LogP contribution in [0.4, 0.5) is 18.9 Å². The molecule has 0 saturated carbocycles. The van der Waals surface area contributed by atoms with E-state index in [1.165, 1.54) is 31.2 Å². The average Bonchev–Trinajstić information content (AvgIpc) is 2.66. The van der Waals surface area contributed by atoms with Crippen molar-refractivity contribution in [2.45, 2.75) is 64.6 Å². The second-order valence-electron chi connectivity index (χ2n) is 6.80. The van der Waals surface area contributed by atoms with Gasteiger partial charge < -0.3 is 23.7 Å². The van der Waals surface area contributed by atoms with Crippen LogP contribution in [0, 0.1) is 0 Å². The molecule has 9 nitrogen and oxygen atoms in total. The molecule has 1 aliphatic heterocycles. The van der Waals surface area contributed by atoms with E-state index in [-0.39, 0.29) is 5.69 Å². The summed E-state index contributed by atoms with van der Waals surface area (Å²) in [4.78, 5) is 38.2. The Bertz CT molecular complexity index is 858. The molecule has 32 heavy (non-hydrogen) atoms. The van der Waals surface area contributed by atoms with Crippen molar-refractivity contribution in [3.63, 3.8) is 0 Å². The molecule has 0 amide bonds. The molecule has 1 aromatic carbocycles. The Morgan fingerprint density at radius 1 is 0.844 bits per heavy atom. The van der Waals surface area contributed by atoms with Crippen LogP contribution in [-0.4, -0.2) is 60.7 Å². The summed E-state index contributed by atoms with van der Waals surface area (Å²) in [5.74, 6) is -4.23. The van der Waals surface area contributed by atoms with Crippen molar-refractivity contribution in [1.29, 1.82) is 0 Å². The van der Waals surface area contributed by atoms with E-state index >= 15 is 0 Å². The predicted octanol–water partition coefficient (Wildman–Crippen LogP) is 2.84. The smallest absolute Gasteiger partial charge is 0.456 e. The Morgan fingerprint density at radius 2 is 1.34 bits per heavy atom. The van der Waals surface area contributed by atoms with Crippen LogP contribution in [0.15, 0.2) is 35.3 Å². The average molecular weight is 461 g/mol. The molecule has 1 unspecified atom stereocenters. The van der Waals surface area contributed by atoms with Crippen LogP contribution in [0.1, 0.15) is 27.7 Å². The van der Waals surface area contributed by atoms with Crippen LogP contribution in [0.25, 0.3) is 0 Å². The van der Waals surface area contributed by atoms with Gasteiger partial charge in [0.15, 0.2) is 12.2 Å². The first-order chi connectivity index (χ1) is 14.9. The SMILES string of the molecule is CC(=O)O[C@@H]1[C@@H](OC(C)=O)[C@@H](OC(C)=O)C(OC(=Nc2ccccc2)C(F)(F)F)O[C@H]1C. The van der Waals surface area contributed by atoms with E-state index in [1.807, 2.05) is 0 Å². The molecule has 0 aromatic heterocycles. The molecule has 5 atom stereocenters. The van der Waals surface area contributed by atoms with Crippen LogP contribution in [0.2, 0.25) is 0 Å². The molecular weight excluding hydrogens is 439 g/mol. The molecule has 1 heterocycles. The van der Waals surface area contributed by atoms with Crippen LogP contribution >= 0.6 is 0 Å². The number of benzene rings is 1. The molecule has 12 heteroatoms. The van der Waals surface area contributed by atoms with Gasteiger partial charge in [-0.3, -0.25) is 14.4 Å². The summed E-state index contributed by atoms with van der Waals surface area (Å²) in [5, 5.41) is 0. The summed E-state index contributed by atoms with van der Waals surface area (Å²) in [6.45, 7) is 4.47. The highest BCUT2D eigenvalue weighted by atomic mass is 19.4. The Labute approximate surface area is 181 Å². The lowest BCUT2D eigenvalue weighted by Gasteiger charge is -2.43. The Morgan fingerprint density at radius 3 is 1.84 bits per heavy atom. The second-order valence-corrected chi connectivity index (χ2v) is 6.80. The van der Waals surface area contributed by atoms with Crippen LogP contribution in [0.5, 0.6) is 0 Å². The van der Waals surface area contributed by atoms with Gasteiger partial charge in [0.05, 0.1) is 11.8 Å². The summed E-state index contributed by atoms with van der Waals surface area (Å²) < 4.78 is 66.6. The number of rotatable bonds is 5. The lowest BCUT2D eigenvalue weighted by atomic mass is 9.99. The van der Waals surface area contributed by atoms with Gasteiger partial charge in [0.25, 0.3) is 5.90 Å². The molecule has 0 aliphatic carbocycles. The Balaban J connectivity index is 2.46. The first-order valence-corrected chi connectivity index (χ1v) is 9.43. The summed E-state index contributed by atoms with van der Waals surface area (Å²) in [7, 11) is 0. The van der Waals surface area contributed by atoms with Crippen LogP contribution in [0.3, 0.4) is 0 Å².